The summed E-state index contributed by atoms with van der Waals surface area (Å²) in [5.41, 5.74) is 10.8. The number of aryl methyl sites for hydroxylation is 2. The van der Waals surface area contributed by atoms with Crippen molar-refractivity contribution in [2.24, 2.45) is 0 Å². The number of hydrogen-bond donors (Lipinski definition) is 1. The van der Waals surface area contributed by atoms with Crippen LogP contribution < -0.4 is 5.32 Å². The molecule has 4 aromatic carbocycles. The van der Waals surface area contributed by atoms with Gasteiger partial charge in [0.1, 0.15) is 0 Å². The van der Waals surface area contributed by atoms with Gasteiger partial charge in [0.25, 0.3) is 0 Å². The Morgan fingerprint density at radius 3 is 1.97 bits per heavy atom. The van der Waals surface area contributed by atoms with Crippen LogP contribution in [0.1, 0.15) is 33.4 Å². The quantitative estimate of drug-likeness (QED) is 0.328. The number of benzene rings is 4. The highest BCUT2D eigenvalue weighted by Gasteiger charge is 2.21. The van der Waals surface area contributed by atoms with Crippen LogP contribution in [0.25, 0.3) is 0 Å². The molecule has 0 aliphatic carbocycles. The Kier molecular flexibility index (Phi) is 5.10. The van der Waals surface area contributed by atoms with Crippen molar-refractivity contribution in [3.63, 3.8) is 0 Å². The van der Waals surface area contributed by atoms with Gasteiger partial charge < -0.3 is 5.32 Å². The van der Waals surface area contributed by atoms with Crippen LogP contribution in [-0.4, -0.2) is 0 Å². The molecule has 30 heavy (non-hydrogen) atoms. The summed E-state index contributed by atoms with van der Waals surface area (Å²) in [5, 5.41) is 3.77. The summed E-state index contributed by atoms with van der Waals surface area (Å²) < 4.78 is 0. The Morgan fingerprint density at radius 2 is 1.23 bits per heavy atom. The molecule has 1 aliphatic rings. The number of nitrogens with one attached hydrogen (secondary N) is 1. The van der Waals surface area contributed by atoms with E-state index in [-0.39, 0.29) is 0 Å². The zero-order chi connectivity index (χ0) is 20.5. The van der Waals surface area contributed by atoms with Gasteiger partial charge in [-0.3, -0.25) is 0 Å². The molecule has 1 nitrogen and oxygen atoms in total. The molecule has 0 bridgehead atoms. The molecule has 0 atom stereocenters. The van der Waals surface area contributed by atoms with Gasteiger partial charge in [0, 0.05) is 16.2 Å². The minimum absolute atomic E-state index is 0.937. The van der Waals surface area contributed by atoms with Crippen LogP contribution in [0.15, 0.2) is 94.7 Å². The molecule has 0 aromatic heterocycles. The molecule has 0 spiro atoms. The summed E-state index contributed by atoms with van der Waals surface area (Å²) in [4.78, 5) is 2.60. The average Bonchev–Trinajstić information content (AvgIpc) is 2.77. The molecule has 1 aliphatic heterocycles. The van der Waals surface area contributed by atoms with E-state index in [2.05, 4.69) is 104 Å². The fourth-order valence-electron chi connectivity index (χ4n) is 4.18. The van der Waals surface area contributed by atoms with E-state index in [1.165, 1.54) is 54.5 Å². The number of fused-ring (bicyclic) bond motifs is 2. The van der Waals surface area contributed by atoms with Crippen LogP contribution in [0.5, 0.6) is 0 Å². The van der Waals surface area contributed by atoms with Crippen molar-refractivity contribution < 1.29 is 0 Å². The highest BCUT2D eigenvalue weighted by molar-refractivity contribution is 7.99. The van der Waals surface area contributed by atoms with Crippen molar-refractivity contribution >= 4 is 23.1 Å². The zero-order valence-corrected chi connectivity index (χ0v) is 18.2. The van der Waals surface area contributed by atoms with E-state index in [1.807, 2.05) is 11.8 Å². The average molecular weight is 408 g/mol. The second-order valence-electron chi connectivity index (χ2n) is 8.01. The third-order valence-electron chi connectivity index (χ3n) is 6.01. The lowest BCUT2D eigenvalue weighted by atomic mass is 9.91. The third kappa shape index (κ3) is 3.64. The Labute approximate surface area is 183 Å². The molecule has 0 saturated heterocycles. The molecule has 5 rings (SSSR count). The zero-order valence-electron chi connectivity index (χ0n) is 17.4. The smallest absolute Gasteiger partial charge is 0.0565 e. The summed E-state index contributed by atoms with van der Waals surface area (Å²) >= 11 is 1.87. The molecule has 4 aromatic rings. The van der Waals surface area contributed by atoms with Gasteiger partial charge >= 0.3 is 0 Å². The Bertz CT molecular complexity index is 1220. The number of para-hydroxylation sites is 1. The molecule has 0 fully saturated rings. The first-order chi connectivity index (χ1) is 14.7. The molecule has 0 saturated carbocycles. The molecule has 1 N–H and O–H groups in total. The SMILES string of the molecule is Cc1ccccc1Cc1ccc2c(c1Cc1ccccc1C)Nc1ccccc1S2. The molecular formula is C28H25NS. The van der Waals surface area contributed by atoms with E-state index in [0.29, 0.717) is 0 Å². The van der Waals surface area contributed by atoms with Crippen molar-refractivity contribution in [2.75, 3.05) is 5.32 Å². The standard InChI is InChI=1S/C28H25NS/c1-19-9-3-5-11-21(19)17-23-15-16-27-28(29-25-13-7-8-14-26(25)30-27)24(23)18-22-12-6-4-10-20(22)2/h3-16,29H,17-18H2,1-2H3. The fraction of sp³-hybridized carbons (Fsp3) is 0.143. The van der Waals surface area contributed by atoms with Crippen LogP contribution >= 0.6 is 11.8 Å². The van der Waals surface area contributed by atoms with Crippen LogP contribution in [0, 0.1) is 13.8 Å². The topological polar surface area (TPSA) is 12.0 Å². The largest absolute Gasteiger partial charge is 0.353 e. The predicted molar refractivity (Wildman–Crippen MR) is 128 cm³/mol. The van der Waals surface area contributed by atoms with Gasteiger partial charge in [-0.05, 0) is 71.8 Å². The molecule has 0 radical (unpaired) electrons. The normalized spacial score (nSPS) is 12.1. The van der Waals surface area contributed by atoms with Crippen molar-refractivity contribution in [3.8, 4) is 0 Å². The lowest BCUT2D eigenvalue weighted by molar-refractivity contribution is 1.05. The first kappa shape index (κ1) is 19.0. The van der Waals surface area contributed by atoms with Crippen molar-refractivity contribution in [1.29, 1.82) is 0 Å². The van der Waals surface area contributed by atoms with Gasteiger partial charge in [0.15, 0.2) is 0 Å². The fourth-order valence-corrected chi connectivity index (χ4v) is 5.21. The summed E-state index contributed by atoms with van der Waals surface area (Å²) in [6, 6.07) is 30.7. The second-order valence-corrected chi connectivity index (χ2v) is 9.09. The number of hydrogen-bond acceptors (Lipinski definition) is 2. The van der Waals surface area contributed by atoms with Crippen LogP contribution in [0.3, 0.4) is 0 Å². The maximum absolute atomic E-state index is 3.77. The minimum atomic E-state index is 0.937. The van der Waals surface area contributed by atoms with Gasteiger partial charge in [-0.1, -0.05) is 78.5 Å². The van der Waals surface area contributed by atoms with Gasteiger partial charge in [0.2, 0.25) is 0 Å². The predicted octanol–water partition coefficient (Wildman–Crippen LogP) is 7.69. The molecule has 2 heteroatoms. The third-order valence-corrected chi connectivity index (χ3v) is 7.14. The maximum Gasteiger partial charge on any atom is 0.0565 e. The number of rotatable bonds is 4. The minimum Gasteiger partial charge on any atom is -0.353 e. The van der Waals surface area contributed by atoms with Crippen LogP contribution in [0.4, 0.5) is 11.4 Å². The lowest BCUT2D eigenvalue weighted by Crippen LogP contribution is -2.08. The Morgan fingerprint density at radius 1 is 0.600 bits per heavy atom. The van der Waals surface area contributed by atoms with Crippen molar-refractivity contribution in [2.45, 2.75) is 36.5 Å². The van der Waals surface area contributed by atoms with E-state index in [9.17, 15) is 0 Å². The Hall–Kier alpha value is -2.97. The molecular weight excluding hydrogens is 382 g/mol. The molecule has 0 amide bonds. The maximum atomic E-state index is 3.77. The Balaban J connectivity index is 1.62. The second kappa shape index (κ2) is 8.04. The lowest BCUT2D eigenvalue weighted by Gasteiger charge is -2.26. The van der Waals surface area contributed by atoms with Crippen molar-refractivity contribution in [1.82, 2.24) is 0 Å². The molecule has 148 valence electrons. The van der Waals surface area contributed by atoms with E-state index in [4.69, 9.17) is 0 Å². The van der Waals surface area contributed by atoms with E-state index >= 15 is 0 Å². The van der Waals surface area contributed by atoms with Gasteiger partial charge in [0.05, 0.1) is 11.4 Å². The van der Waals surface area contributed by atoms with E-state index < -0.39 is 0 Å². The van der Waals surface area contributed by atoms with Gasteiger partial charge in [-0.2, -0.15) is 0 Å². The monoisotopic (exact) mass is 407 g/mol. The summed E-state index contributed by atoms with van der Waals surface area (Å²) in [6.07, 6.45) is 1.89. The van der Waals surface area contributed by atoms with Crippen molar-refractivity contribution in [3.05, 3.63) is 118 Å². The molecule has 1 heterocycles. The first-order valence-electron chi connectivity index (χ1n) is 10.5. The van der Waals surface area contributed by atoms with Gasteiger partial charge in [-0.25, -0.2) is 0 Å². The van der Waals surface area contributed by atoms with Gasteiger partial charge in [-0.15, -0.1) is 0 Å². The molecule has 0 unspecified atom stereocenters. The van der Waals surface area contributed by atoms with E-state index in [0.717, 1.165) is 12.8 Å². The van der Waals surface area contributed by atoms with E-state index in [1.54, 1.807) is 0 Å². The first-order valence-corrected chi connectivity index (χ1v) is 11.3. The van der Waals surface area contributed by atoms with Crippen LogP contribution in [-0.2, 0) is 12.8 Å². The number of anilines is 2. The highest BCUT2D eigenvalue weighted by Crippen LogP contribution is 2.47. The highest BCUT2D eigenvalue weighted by atomic mass is 32.2. The summed E-state index contributed by atoms with van der Waals surface area (Å²) in [6.45, 7) is 4.42. The van der Waals surface area contributed by atoms with Crippen LogP contribution in [0.2, 0.25) is 0 Å². The summed E-state index contributed by atoms with van der Waals surface area (Å²) in [5.74, 6) is 0. The summed E-state index contributed by atoms with van der Waals surface area (Å²) in [7, 11) is 0.